The lowest BCUT2D eigenvalue weighted by atomic mass is 9.92. The third-order valence-corrected chi connectivity index (χ3v) is 2.57. The van der Waals surface area contributed by atoms with Gasteiger partial charge in [-0.15, -0.1) is 5.98 Å². The second-order valence-corrected chi connectivity index (χ2v) is 3.13. The molecular formula is C9H14BF. The van der Waals surface area contributed by atoms with Crippen molar-refractivity contribution in [2.24, 2.45) is 0 Å². The molecule has 0 N–H and O–H groups in total. The van der Waals surface area contributed by atoms with Gasteiger partial charge >= 0.3 is 0 Å². The van der Waals surface area contributed by atoms with E-state index in [9.17, 15) is 4.39 Å². The van der Waals surface area contributed by atoms with Gasteiger partial charge in [-0.1, -0.05) is 6.08 Å². The Labute approximate surface area is 68.6 Å². The van der Waals surface area contributed by atoms with E-state index in [0.29, 0.717) is 0 Å². The fourth-order valence-electron chi connectivity index (χ4n) is 1.78. The molecule has 2 heteroatoms. The van der Waals surface area contributed by atoms with Crippen LogP contribution in [-0.2, 0) is 0 Å². The van der Waals surface area contributed by atoms with E-state index < -0.39 is 5.67 Å². The summed E-state index contributed by atoms with van der Waals surface area (Å²) in [5.74, 6) is 1.90. The third-order valence-electron chi connectivity index (χ3n) is 2.57. The van der Waals surface area contributed by atoms with E-state index >= 15 is 0 Å². The fraction of sp³-hybridized carbons (Fsp3) is 0.556. The normalized spacial score (nSPS) is 38.8. The number of halogens is 1. The molecule has 0 radical (unpaired) electrons. The molecule has 0 spiro atoms. The Morgan fingerprint density at radius 2 is 2.00 bits per heavy atom. The lowest BCUT2D eigenvalue weighted by molar-refractivity contribution is 0.303. The van der Waals surface area contributed by atoms with Gasteiger partial charge in [-0.2, -0.15) is 0 Å². The fourth-order valence-corrected chi connectivity index (χ4v) is 1.78. The van der Waals surface area contributed by atoms with Gasteiger partial charge in [0.25, 0.3) is 0 Å². The summed E-state index contributed by atoms with van der Waals surface area (Å²) < 4.78 is 13.8. The Hall–Kier alpha value is -0.525. The average Bonchev–Trinajstić information content (AvgIpc) is 2.24. The van der Waals surface area contributed by atoms with E-state index in [1.165, 1.54) is 0 Å². The molecule has 0 bridgehead atoms. The zero-order chi connectivity index (χ0) is 8.48. The molecular weight excluding hydrogens is 138 g/mol. The maximum Gasteiger partial charge on any atom is 0.149 e. The molecule has 0 aromatic carbocycles. The highest BCUT2D eigenvalue weighted by Crippen LogP contribution is 2.42. The van der Waals surface area contributed by atoms with Crippen LogP contribution in [0.3, 0.4) is 0 Å². The zero-order valence-corrected chi connectivity index (χ0v) is 7.45. The molecule has 60 valence electrons. The van der Waals surface area contributed by atoms with Crippen molar-refractivity contribution in [3.8, 4) is 0 Å². The predicted octanol–water partition coefficient (Wildman–Crippen LogP) is 1.97. The molecule has 1 atom stereocenters. The van der Waals surface area contributed by atoms with Crippen molar-refractivity contribution in [2.75, 3.05) is 0 Å². The Kier molecular flexibility index (Phi) is 2.21. The summed E-state index contributed by atoms with van der Waals surface area (Å²) in [4.78, 5) is 0. The molecule has 0 saturated heterocycles. The van der Waals surface area contributed by atoms with E-state index in [1.54, 1.807) is 6.92 Å². The summed E-state index contributed by atoms with van der Waals surface area (Å²) in [6, 6.07) is 0. The van der Waals surface area contributed by atoms with Crippen molar-refractivity contribution in [1.29, 1.82) is 0 Å². The molecule has 0 aromatic heterocycles. The van der Waals surface area contributed by atoms with E-state index in [1.807, 2.05) is 26.8 Å². The Morgan fingerprint density at radius 1 is 1.45 bits per heavy atom. The van der Waals surface area contributed by atoms with Crippen molar-refractivity contribution in [2.45, 2.75) is 32.4 Å². The minimum Gasteiger partial charge on any atom is -0.234 e. The maximum atomic E-state index is 13.8. The van der Waals surface area contributed by atoms with E-state index in [-0.39, 0.29) is 0 Å². The predicted molar refractivity (Wildman–Crippen MR) is 49.1 cm³/mol. The summed E-state index contributed by atoms with van der Waals surface area (Å²) in [5.41, 5.74) is 0.722. The van der Waals surface area contributed by atoms with Crippen LogP contribution in [0.25, 0.3) is 0 Å². The Balaban J connectivity index is 2.99. The van der Waals surface area contributed by atoms with Crippen LogP contribution in [0, 0.1) is 0 Å². The van der Waals surface area contributed by atoms with Crippen molar-refractivity contribution >= 4 is 7.85 Å². The number of hydrogen-bond donors (Lipinski definition) is 0. The van der Waals surface area contributed by atoms with Gasteiger partial charge in [0, 0.05) is 0 Å². The van der Waals surface area contributed by atoms with Gasteiger partial charge in [0.1, 0.15) is 13.5 Å². The van der Waals surface area contributed by atoms with Crippen molar-refractivity contribution < 1.29 is 4.39 Å². The first-order chi connectivity index (χ1) is 5.12. The second-order valence-electron chi connectivity index (χ2n) is 3.13. The standard InChI is InChI=1S/C9H14BF/c1-3-7-4-5-8(6-10)9(7,2)11/h3,6H,4-5,10H2,1-2H3/b7-3-,8-6+. The summed E-state index contributed by atoms with van der Waals surface area (Å²) in [5, 5.41) is 0. The molecule has 1 aliphatic carbocycles. The number of allylic oxidation sites excluding steroid dienone is 3. The molecule has 0 aromatic rings. The van der Waals surface area contributed by atoms with E-state index in [2.05, 4.69) is 0 Å². The van der Waals surface area contributed by atoms with Gasteiger partial charge in [-0.3, -0.25) is 0 Å². The SMILES string of the molecule is B/C=C1\CC/C(=C/C)C1(C)F. The zero-order valence-electron chi connectivity index (χ0n) is 7.45. The second kappa shape index (κ2) is 2.84. The molecule has 0 heterocycles. The first-order valence-electron chi connectivity index (χ1n) is 4.13. The van der Waals surface area contributed by atoms with Crippen LogP contribution in [0.2, 0.25) is 0 Å². The van der Waals surface area contributed by atoms with Gasteiger partial charge in [-0.05, 0) is 37.8 Å². The van der Waals surface area contributed by atoms with Crippen LogP contribution in [0.15, 0.2) is 23.2 Å². The summed E-state index contributed by atoms with van der Waals surface area (Å²) >= 11 is 0. The molecule has 0 aliphatic heterocycles. The third kappa shape index (κ3) is 1.26. The van der Waals surface area contributed by atoms with E-state index in [4.69, 9.17) is 0 Å². The van der Waals surface area contributed by atoms with Crippen LogP contribution in [0.5, 0.6) is 0 Å². The van der Waals surface area contributed by atoms with Crippen LogP contribution < -0.4 is 0 Å². The molecule has 11 heavy (non-hydrogen) atoms. The van der Waals surface area contributed by atoms with E-state index in [0.717, 1.165) is 24.0 Å². The summed E-state index contributed by atoms with van der Waals surface area (Å²) in [7, 11) is 1.91. The Morgan fingerprint density at radius 3 is 2.27 bits per heavy atom. The summed E-state index contributed by atoms with van der Waals surface area (Å²) in [6.45, 7) is 3.57. The molecule has 1 rings (SSSR count). The summed E-state index contributed by atoms with van der Waals surface area (Å²) in [6.07, 6.45) is 3.68. The molecule has 0 nitrogen and oxygen atoms in total. The van der Waals surface area contributed by atoms with Crippen LogP contribution >= 0.6 is 0 Å². The van der Waals surface area contributed by atoms with Crippen molar-refractivity contribution in [3.63, 3.8) is 0 Å². The topological polar surface area (TPSA) is 0 Å². The monoisotopic (exact) mass is 152 g/mol. The van der Waals surface area contributed by atoms with Crippen molar-refractivity contribution in [3.05, 3.63) is 23.2 Å². The number of alkyl halides is 1. The van der Waals surface area contributed by atoms with Gasteiger partial charge < -0.3 is 0 Å². The average molecular weight is 152 g/mol. The van der Waals surface area contributed by atoms with Gasteiger partial charge in [0.15, 0.2) is 0 Å². The van der Waals surface area contributed by atoms with Gasteiger partial charge in [0.2, 0.25) is 0 Å². The maximum absolute atomic E-state index is 13.8. The minimum atomic E-state index is -1.15. The first kappa shape index (κ1) is 8.57. The smallest absolute Gasteiger partial charge is 0.149 e. The van der Waals surface area contributed by atoms with Crippen LogP contribution in [-0.4, -0.2) is 13.5 Å². The van der Waals surface area contributed by atoms with Crippen LogP contribution in [0.4, 0.5) is 4.39 Å². The lowest BCUT2D eigenvalue weighted by Crippen LogP contribution is -2.17. The van der Waals surface area contributed by atoms with Gasteiger partial charge in [0.05, 0.1) is 0 Å². The highest BCUT2D eigenvalue weighted by molar-refractivity contribution is 6.17. The highest BCUT2D eigenvalue weighted by atomic mass is 19.1. The lowest BCUT2D eigenvalue weighted by Gasteiger charge is -2.17. The number of hydrogen-bond acceptors (Lipinski definition) is 0. The molecule has 1 aliphatic rings. The first-order valence-corrected chi connectivity index (χ1v) is 4.13. The van der Waals surface area contributed by atoms with Gasteiger partial charge in [-0.25, -0.2) is 4.39 Å². The number of rotatable bonds is 0. The highest BCUT2D eigenvalue weighted by Gasteiger charge is 2.36. The molecule has 0 amide bonds. The van der Waals surface area contributed by atoms with Crippen molar-refractivity contribution in [1.82, 2.24) is 0 Å². The molecule has 1 saturated carbocycles. The molecule has 1 unspecified atom stereocenters. The molecule has 1 fully saturated rings. The van der Waals surface area contributed by atoms with Crippen LogP contribution in [0.1, 0.15) is 26.7 Å². The minimum absolute atomic E-state index is 0.892. The largest absolute Gasteiger partial charge is 0.234 e. The Bertz CT molecular complexity index is 192. The quantitative estimate of drug-likeness (QED) is 0.367.